The largest absolute Gasteiger partial charge is 0.454 e. The first kappa shape index (κ1) is 16.0. The molecule has 112 valence electrons. The van der Waals surface area contributed by atoms with Crippen molar-refractivity contribution < 1.29 is 9.47 Å². The lowest BCUT2D eigenvalue weighted by molar-refractivity contribution is 0.199. The van der Waals surface area contributed by atoms with Crippen molar-refractivity contribution in [2.24, 2.45) is 0 Å². The van der Waals surface area contributed by atoms with Gasteiger partial charge in [-0.15, -0.1) is 0 Å². The van der Waals surface area contributed by atoms with E-state index >= 15 is 0 Å². The molecule has 1 N–H and O–H groups in total. The molecule has 0 aliphatic rings. The SMILES string of the molecule is COCCNCc1ccc(Oc2cncc(Cl)c2)c(Cl)c1. The first-order valence-electron chi connectivity index (χ1n) is 6.45. The highest BCUT2D eigenvalue weighted by Crippen LogP contribution is 2.30. The summed E-state index contributed by atoms with van der Waals surface area (Å²) < 4.78 is 10.6. The van der Waals surface area contributed by atoms with Gasteiger partial charge in [-0.05, 0) is 17.7 Å². The molecule has 0 saturated carbocycles. The first-order valence-corrected chi connectivity index (χ1v) is 7.21. The molecule has 0 saturated heterocycles. The van der Waals surface area contributed by atoms with Crippen molar-refractivity contribution in [1.29, 1.82) is 0 Å². The summed E-state index contributed by atoms with van der Waals surface area (Å²) in [6, 6.07) is 7.34. The third kappa shape index (κ3) is 5.17. The topological polar surface area (TPSA) is 43.4 Å². The zero-order valence-corrected chi connectivity index (χ0v) is 13.1. The fourth-order valence-electron chi connectivity index (χ4n) is 1.72. The molecule has 4 nitrogen and oxygen atoms in total. The molecule has 21 heavy (non-hydrogen) atoms. The summed E-state index contributed by atoms with van der Waals surface area (Å²) in [4.78, 5) is 3.96. The summed E-state index contributed by atoms with van der Waals surface area (Å²) in [6.45, 7) is 2.19. The van der Waals surface area contributed by atoms with Crippen LogP contribution in [-0.2, 0) is 11.3 Å². The Hall–Kier alpha value is -1.33. The lowest BCUT2D eigenvalue weighted by Crippen LogP contribution is -2.18. The third-order valence-corrected chi connectivity index (χ3v) is 3.22. The lowest BCUT2D eigenvalue weighted by atomic mass is 10.2. The van der Waals surface area contributed by atoms with Crippen molar-refractivity contribution in [2.75, 3.05) is 20.3 Å². The maximum atomic E-state index is 6.23. The number of ether oxygens (including phenoxy) is 2. The second-order valence-electron chi connectivity index (χ2n) is 4.38. The van der Waals surface area contributed by atoms with Crippen LogP contribution in [0, 0.1) is 0 Å². The summed E-state index contributed by atoms with van der Waals surface area (Å²) in [5.74, 6) is 1.12. The second-order valence-corrected chi connectivity index (χ2v) is 5.22. The molecule has 2 rings (SSSR count). The zero-order chi connectivity index (χ0) is 15.1. The van der Waals surface area contributed by atoms with Crippen LogP contribution in [0.3, 0.4) is 0 Å². The summed E-state index contributed by atoms with van der Waals surface area (Å²) in [5.41, 5.74) is 1.08. The van der Waals surface area contributed by atoms with Gasteiger partial charge in [-0.2, -0.15) is 0 Å². The van der Waals surface area contributed by atoms with E-state index in [2.05, 4.69) is 10.3 Å². The van der Waals surface area contributed by atoms with E-state index in [1.54, 1.807) is 25.6 Å². The molecular weight excluding hydrogens is 311 g/mol. The Labute approximate surface area is 134 Å². The van der Waals surface area contributed by atoms with Gasteiger partial charge in [0.05, 0.1) is 22.8 Å². The Balaban J connectivity index is 1.98. The quantitative estimate of drug-likeness (QED) is 0.783. The molecule has 0 atom stereocenters. The smallest absolute Gasteiger partial charge is 0.147 e. The van der Waals surface area contributed by atoms with E-state index in [4.69, 9.17) is 32.7 Å². The highest BCUT2D eigenvalue weighted by atomic mass is 35.5. The van der Waals surface area contributed by atoms with E-state index in [-0.39, 0.29) is 0 Å². The van der Waals surface area contributed by atoms with Crippen LogP contribution in [0.15, 0.2) is 36.7 Å². The van der Waals surface area contributed by atoms with Crippen LogP contribution >= 0.6 is 23.2 Å². The molecule has 0 spiro atoms. The van der Waals surface area contributed by atoms with E-state index in [9.17, 15) is 0 Å². The summed E-state index contributed by atoms with van der Waals surface area (Å²) in [5, 5.41) is 4.31. The molecular formula is C15H16Cl2N2O2. The fraction of sp³-hybridized carbons (Fsp3) is 0.267. The molecule has 1 heterocycles. The molecule has 1 aromatic heterocycles. The summed E-state index contributed by atoms with van der Waals surface area (Å²) >= 11 is 12.1. The van der Waals surface area contributed by atoms with Gasteiger partial charge in [-0.3, -0.25) is 4.98 Å². The van der Waals surface area contributed by atoms with E-state index < -0.39 is 0 Å². The average molecular weight is 327 g/mol. The van der Waals surface area contributed by atoms with E-state index in [1.807, 2.05) is 18.2 Å². The van der Waals surface area contributed by atoms with Gasteiger partial charge >= 0.3 is 0 Å². The van der Waals surface area contributed by atoms with Gasteiger partial charge < -0.3 is 14.8 Å². The summed E-state index contributed by atoms with van der Waals surface area (Å²) in [6.07, 6.45) is 3.13. The van der Waals surface area contributed by atoms with E-state index in [1.165, 1.54) is 0 Å². The number of aromatic nitrogens is 1. The molecule has 0 amide bonds. The molecule has 0 fully saturated rings. The fourth-order valence-corrected chi connectivity index (χ4v) is 2.12. The number of nitrogens with one attached hydrogen (secondary N) is 1. The van der Waals surface area contributed by atoms with Crippen molar-refractivity contribution in [3.63, 3.8) is 0 Å². The molecule has 0 aliphatic carbocycles. The summed E-state index contributed by atoms with van der Waals surface area (Å²) in [7, 11) is 1.68. The van der Waals surface area contributed by atoms with Crippen LogP contribution in [-0.4, -0.2) is 25.2 Å². The van der Waals surface area contributed by atoms with Gasteiger partial charge in [0.15, 0.2) is 0 Å². The maximum absolute atomic E-state index is 6.23. The molecule has 0 bridgehead atoms. The Morgan fingerprint density at radius 1 is 1.19 bits per heavy atom. The Bertz CT molecular complexity index is 594. The lowest BCUT2D eigenvalue weighted by Gasteiger charge is -2.10. The number of benzene rings is 1. The van der Waals surface area contributed by atoms with Crippen molar-refractivity contribution in [3.05, 3.63) is 52.3 Å². The first-order chi connectivity index (χ1) is 10.2. The zero-order valence-electron chi connectivity index (χ0n) is 11.6. The highest BCUT2D eigenvalue weighted by Gasteiger charge is 2.05. The monoisotopic (exact) mass is 326 g/mol. The minimum atomic E-state index is 0.516. The van der Waals surface area contributed by atoms with Crippen LogP contribution in [0.2, 0.25) is 10.0 Å². The van der Waals surface area contributed by atoms with E-state index in [0.29, 0.717) is 28.2 Å². The molecule has 6 heteroatoms. The van der Waals surface area contributed by atoms with Gasteiger partial charge in [-0.25, -0.2) is 0 Å². The number of rotatable bonds is 7. The van der Waals surface area contributed by atoms with Crippen LogP contribution in [0.4, 0.5) is 0 Å². The molecule has 0 aliphatic heterocycles. The minimum absolute atomic E-state index is 0.516. The van der Waals surface area contributed by atoms with Gasteiger partial charge in [0.2, 0.25) is 0 Å². The number of halogens is 2. The van der Waals surface area contributed by atoms with E-state index in [0.717, 1.165) is 18.7 Å². The standard InChI is InChI=1S/C15H16Cl2N2O2/c1-20-5-4-18-8-11-2-3-15(14(17)6-11)21-13-7-12(16)9-19-10-13/h2-3,6-7,9-10,18H,4-5,8H2,1H3. The Kier molecular flexibility index (Phi) is 6.26. The van der Waals surface area contributed by atoms with Crippen molar-refractivity contribution in [1.82, 2.24) is 10.3 Å². The van der Waals surface area contributed by atoms with Gasteiger partial charge in [0.25, 0.3) is 0 Å². The van der Waals surface area contributed by atoms with Crippen LogP contribution in [0.5, 0.6) is 11.5 Å². The van der Waals surface area contributed by atoms with Crippen molar-refractivity contribution in [2.45, 2.75) is 6.54 Å². The van der Waals surface area contributed by atoms with Gasteiger partial charge in [0, 0.05) is 32.5 Å². The molecule has 0 radical (unpaired) electrons. The number of nitrogens with zero attached hydrogens (tertiary/aromatic N) is 1. The maximum Gasteiger partial charge on any atom is 0.147 e. The van der Waals surface area contributed by atoms with Crippen LogP contribution in [0.25, 0.3) is 0 Å². The predicted octanol–water partition coefficient (Wildman–Crippen LogP) is 3.92. The number of hydrogen-bond donors (Lipinski definition) is 1. The molecule has 1 aromatic carbocycles. The number of methoxy groups -OCH3 is 1. The molecule has 0 unspecified atom stereocenters. The van der Waals surface area contributed by atoms with Gasteiger partial charge in [-0.1, -0.05) is 29.3 Å². The van der Waals surface area contributed by atoms with Crippen molar-refractivity contribution in [3.8, 4) is 11.5 Å². The van der Waals surface area contributed by atoms with Gasteiger partial charge in [0.1, 0.15) is 11.5 Å². The Morgan fingerprint density at radius 2 is 2.05 bits per heavy atom. The van der Waals surface area contributed by atoms with Crippen LogP contribution in [0.1, 0.15) is 5.56 Å². The number of pyridine rings is 1. The second kappa shape index (κ2) is 8.20. The normalized spacial score (nSPS) is 10.6. The Morgan fingerprint density at radius 3 is 2.76 bits per heavy atom. The predicted molar refractivity (Wildman–Crippen MR) is 84.4 cm³/mol. The highest BCUT2D eigenvalue weighted by molar-refractivity contribution is 6.32. The number of hydrogen-bond acceptors (Lipinski definition) is 4. The average Bonchev–Trinajstić information content (AvgIpc) is 2.46. The minimum Gasteiger partial charge on any atom is -0.454 e. The molecule has 2 aromatic rings. The van der Waals surface area contributed by atoms with Crippen molar-refractivity contribution >= 4 is 23.2 Å². The third-order valence-electron chi connectivity index (χ3n) is 2.72. The van der Waals surface area contributed by atoms with Crippen LogP contribution < -0.4 is 10.1 Å².